The smallest absolute Gasteiger partial charge is 0.250 e. The zero-order valence-corrected chi connectivity index (χ0v) is 15.3. The molecule has 1 N–H and O–H groups in total. The zero-order chi connectivity index (χ0) is 17.4. The van der Waals surface area contributed by atoms with Gasteiger partial charge in [-0.15, -0.1) is 11.8 Å². The lowest BCUT2D eigenvalue weighted by Crippen LogP contribution is -2.19. The molecule has 0 bridgehead atoms. The van der Waals surface area contributed by atoms with Crippen LogP contribution in [0.5, 0.6) is 0 Å². The van der Waals surface area contributed by atoms with Gasteiger partial charge in [-0.05, 0) is 29.5 Å². The first-order chi connectivity index (χ1) is 11.5. The summed E-state index contributed by atoms with van der Waals surface area (Å²) in [6, 6.07) is 16.6. The van der Waals surface area contributed by atoms with E-state index in [1.807, 2.05) is 12.1 Å². The van der Waals surface area contributed by atoms with Gasteiger partial charge in [0.15, 0.2) is 0 Å². The van der Waals surface area contributed by atoms with Gasteiger partial charge >= 0.3 is 0 Å². The quantitative estimate of drug-likeness (QED) is 0.595. The van der Waals surface area contributed by atoms with Gasteiger partial charge in [-0.2, -0.15) is 5.10 Å². The molecular weight excluding hydrogens is 316 g/mol. The Labute approximate surface area is 148 Å². The third kappa shape index (κ3) is 6.20. The van der Waals surface area contributed by atoms with Crippen molar-refractivity contribution in [2.75, 3.05) is 5.75 Å². The highest BCUT2D eigenvalue weighted by Gasteiger charge is 2.01. The van der Waals surface area contributed by atoms with Crippen LogP contribution in [-0.4, -0.2) is 17.9 Å². The van der Waals surface area contributed by atoms with Crippen molar-refractivity contribution in [3.63, 3.8) is 0 Å². The molecule has 126 valence electrons. The number of nitrogens with zero attached hydrogens (tertiary/aromatic N) is 1. The second kappa shape index (κ2) is 9.28. The Morgan fingerprint density at radius 1 is 1.12 bits per heavy atom. The van der Waals surface area contributed by atoms with Crippen LogP contribution in [-0.2, 0) is 10.5 Å². The maximum atomic E-state index is 11.8. The maximum absolute atomic E-state index is 11.8. The summed E-state index contributed by atoms with van der Waals surface area (Å²) in [7, 11) is 0. The topological polar surface area (TPSA) is 41.5 Å². The molecule has 0 heterocycles. The molecule has 0 saturated heterocycles. The Bertz CT molecular complexity index is 676. The largest absolute Gasteiger partial charge is 0.272 e. The van der Waals surface area contributed by atoms with Crippen LogP contribution in [0.1, 0.15) is 42.0 Å². The molecule has 0 aliphatic carbocycles. The average Bonchev–Trinajstić information content (AvgIpc) is 2.57. The van der Waals surface area contributed by atoms with E-state index >= 15 is 0 Å². The third-order valence-corrected chi connectivity index (χ3v) is 4.63. The molecule has 0 aliphatic rings. The number of carbonyl (C=O) groups excluding carboxylic acids is 1. The fraction of sp³-hybridized carbons (Fsp3) is 0.300. The average molecular weight is 340 g/mol. The highest BCUT2D eigenvalue weighted by molar-refractivity contribution is 7.99. The van der Waals surface area contributed by atoms with E-state index < -0.39 is 0 Å². The van der Waals surface area contributed by atoms with Crippen LogP contribution in [0.4, 0.5) is 0 Å². The molecule has 0 atom stereocenters. The Morgan fingerprint density at radius 3 is 2.42 bits per heavy atom. The first kappa shape index (κ1) is 18.3. The number of rotatable bonds is 7. The number of nitrogens with one attached hydrogen (secondary N) is 1. The van der Waals surface area contributed by atoms with Crippen molar-refractivity contribution < 1.29 is 4.79 Å². The number of carbonyl (C=O) groups is 1. The van der Waals surface area contributed by atoms with Gasteiger partial charge in [0.05, 0.1) is 12.0 Å². The Kier molecular flexibility index (Phi) is 7.07. The molecule has 0 unspecified atom stereocenters. The highest BCUT2D eigenvalue weighted by atomic mass is 32.2. The van der Waals surface area contributed by atoms with Gasteiger partial charge in [0, 0.05) is 5.75 Å². The fourth-order valence-corrected chi connectivity index (χ4v) is 2.90. The summed E-state index contributed by atoms with van der Waals surface area (Å²) in [5.41, 5.74) is 7.32. The molecule has 0 aliphatic heterocycles. The van der Waals surface area contributed by atoms with Gasteiger partial charge in [0.25, 0.3) is 0 Å². The van der Waals surface area contributed by atoms with E-state index in [2.05, 4.69) is 67.7 Å². The molecule has 24 heavy (non-hydrogen) atoms. The van der Waals surface area contributed by atoms with E-state index in [0.717, 1.165) is 11.3 Å². The molecule has 2 aromatic rings. The van der Waals surface area contributed by atoms with Crippen molar-refractivity contribution >= 4 is 23.9 Å². The standard InChI is InChI=1S/C20H24N2OS/c1-15(2)19-10-8-17(9-11-19)12-21-22-20(23)14-24-13-18-6-4-16(3)5-7-18/h4-12,15H,13-14H2,1-3H3,(H,22,23)/b21-12-. The molecule has 1 amide bonds. The molecule has 0 aromatic heterocycles. The van der Waals surface area contributed by atoms with Gasteiger partial charge in [-0.1, -0.05) is 67.9 Å². The van der Waals surface area contributed by atoms with Crippen molar-refractivity contribution in [3.05, 3.63) is 70.8 Å². The number of hydrogen-bond donors (Lipinski definition) is 1. The van der Waals surface area contributed by atoms with Crippen molar-refractivity contribution in [3.8, 4) is 0 Å². The Morgan fingerprint density at radius 2 is 1.79 bits per heavy atom. The minimum atomic E-state index is -0.0813. The highest BCUT2D eigenvalue weighted by Crippen LogP contribution is 2.14. The number of benzene rings is 2. The summed E-state index contributed by atoms with van der Waals surface area (Å²) in [6.07, 6.45) is 1.67. The van der Waals surface area contributed by atoms with Crippen molar-refractivity contribution in [1.29, 1.82) is 0 Å². The van der Waals surface area contributed by atoms with E-state index in [-0.39, 0.29) is 5.91 Å². The number of aryl methyl sites for hydroxylation is 1. The monoisotopic (exact) mass is 340 g/mol. The van der Waals surface area contributed by atoms with Crippen LogP contribution in [0.15, 0.2) is 53.6 Å². The molecule has 0 radical (unpaired) electrons. The number of hydrazone groups is 1. The maximum Gasteiger partial charge on any atom is 0.250 e. The first-order valence-electron chi connectivity index (χ1n) is 8.10. The van der Waals surface area contributed by atoms with Gasteiger partial charge in [-0.25, -0.2) is 5.43 Å². The van der Waals surface area contributed by atoms with Crippen LogP contribution in [0, 0.1) is 6.92 Å². The summed E-state index contributed by atoms with van der Waals surface area (Å²) in [5.74, 6) is 1.66. The number of thioether (sulfide) groups is 1. The van der Waals surface area contributed by atoms with Gasteiger partial charge in [0.2, 0.25) is 5.91 Å². The van der Waals surface area contributed by atoms with Crippen LogP contribution in [0.25, 0.3) is 0 Å². The van der Waals surface area contributed by atoms with Crippen LogP contribution < -0.4 is 5.43 Å². The SMILES string of the molecule is Cc1ccc(CSCC(=O)N/N=C\c2ccc(C(C)C)cc2)cc1. The van der Waals surface area contributed by atoms with Crippen molar-refractivity contribution in [2.24, 2.45) is 5.10 Å². The summed E-state index contributed by atoms with van der Waals surface area (Å²) in [6.45, 7) is 6.40. The van der Waals surface area contributed by atoms with Gasteiger partial charge in [-0.3, -0.25) is 4.79 Å². The molecular formula is C20H24N2OS. The molecule has 2 aromatic carbocycles. The Hall–Kier alpha value is -2.07. The summed E-state index contributed by atoms with van der Waals surface area (Å²) >= 11 is 1.59. The minimum Gasteiger partial charge on any atom is -0.272 e. The molecule has 0 fully saturated rings. The zero-order valence-electron chi connectivity index (χ0n) is 14.5. The minimum absolute atomic E-state index is 0.0813. The predicted octanol–water partition coefficient (Wildman–Crippen LogP) is 4.50. The lowest BCUT2D eigenvalue weighted by atomic mass is 10.0. The molecule has 2 rings (SSSR count). The third-order valence-electron chi connectivity index (χ3n) is 3.63. The number of amides is 1. The van der Waals surface area contributed by atoms with E-state index in [9.17, 15) is 4.79 Å². The van der Waals surface area contributed by atoms with Gasteiger partial charge in [0.1, 0.15) is 0 Å². The first-order valence-corrected chi connectivity index (χ1v) is 9.25. The molecule has 0 spiro atoms. The lowest BCUT2D eigenvalue weighted by Gasteiger charge is -2.04. The van der Waals surface area contributed by atoms with Crippen molar-refractivity contribution in [2.45, 2.75) is 32.4 Å². The molecule has 3 nitrogen and oxygen atoms in total. The van der Waals surface area contributed by atoms with Crippen LogP contribution >= 0.6 is 11.8 Å². The van der Waals surface area contributed by atoms with E-state index in [1.54, 1.807) is 18.0 Å². The van der Waals surface area contributed by atoms with Crippen LogP contribution in [0.3, 0.4) is 0 Å². The number of hydrogen-bond acceptors (Lipinski definition) is 3. The fourth-order valence-electron chi connectivity index (χ4n) is 2.12. The van der Waals surface area contributed by atoms with Gasteiger partial charge < -0.3 is 0 Å². The van der Waals surface area contributed by atoms with E-state index in [0.29, 0.717) is 11.7 Å². The molecule has 4 heteroatoms. The van der Waals surface area contributed by atoms with E-state index in [1.165, 1.54) is 16.7 Å². The van der Waals surface area contributed by atoms with Crippen LogP contribution in [0.2, 0.25) is 0 Å². The second-order valence-electron chi connectivity index (χ2n) is 6.09. The normalized spacial score (nSPS) is 11.2. The second-order valence-corrected chi connectivity index (χ2v) is 7.08. The predicted molar refractivity (Wildman–Crippen MR) is 104 cm³/mol. The summed E-state index contributed by atoms with van der Waals surface area (Å²) in [5, 5.41) is 4.02. The summed E-state index contributed by atoms with van der Waals surface area (Å²) in [4.78, 5) is 11.8. The lowest BCUT2D eigenvalue weighted by molar-refractivity contribution is -0.118. The Balaban J connectivity index is 1.71. The summed E-state index contributed by atoms with van der Waals surface area (Å²) < 4.78 is 0. The van der Waals surface area contributed by atoms with E-state index in [4.69, 9.17) is 0 Å². The van der Waals surface area contributed by atoms with Crippen molar-refractivity contribution in [1.82, 2.24) is 5.43 Å². The molecule has 0 saturated carbocycles.